The average Bonchev–Trinajstić information content (AvgIpc) is 3.09. The molecule has 1 aromatic rings. The van der Waals surface area contributed by atoms with Gasteiger partial charge < -0.3 is 15.4 Å². The minimum absolute atomic E-state index is 0. The van der Waals surface area contributed by atoms with Crippen LogP contribution in [0.4, 0.5) is 13.2 Å². The molecular formula is C18H22ClF3N2O2. The zero-order valence-electron chi connectivity index (χ0n) is 14.1. The SMILES string of the molecule is Cl.NC1CCC2CN(C(=O)C3CC3c3ccccc3OC(F)(F)F)CC12. The van der Waals surface area contributed by atoms with E-state index in [2.05, 4.69) is 4.74 Å². The minimum Gasteiger partial charge on any atom is -0.405 e. The number of rotatable bonds is 3. The molecule has 0 spiro atoms. The highest BCUT2D eigenvalue weighted by Gasteiger charge is 2.51. The second-order valence-corrected chi connectivity index (χ2v) is 7.44. The summed E-state index contributed by atoms with van der Waals surface area (Å²) in [6.07, 6.45) is -2.07. The van der Waals surface area contributed by atoms with E-state index < -0.39 is 6.36 Å². The van der Waals surface area contributed by atoms with E-state index in [0.29, 0.717) is 30.4 Å². The van der Waals surface area contributed by atoms with Crippen molar-refractivity contribution in [2.45, 2.75) is 37.6 Å². The summed E-state index contributed by atoms with van der Waals surface area (Å²) in [5.41, 5.74) is 6.58. The van der Waals surface area contributed by atoms with Gasteiger partial charge in [0.1, 0.15) is 5.75 Å². The van der Waals surface area contributed by atoms with Crippen LogP contribution in [-0.2, 0) is 4.79 Å². The van der Waals surface area contributed by atoms with Crippen molar-refractivity contribution in [3.8, 4) is 5.75 Å². The summed E-state index contributed by atoms with van der Waals surface area (Å²) >= 11 is 0. The number of fused-ring (bicyclic) bond motifs is 1. The van der Waals surface area contributed by atoms with E-state index in [1.807, 2.05) is 4.90 Å². The molecule has 0 radical (unpaired) electrons. The smallest absolute Gasteiger partial charge is 0.405 e. The van der Waals surface area contributed by atoms with Gasteiger partial charge in [0.2, 0.25) is 5.91 Å². The number of carbonyl (C=O) groups is 1. The van der Waals surface area contributed by atoms with Crippen LogP contribution < -0.4 is 10.5 Å². The Morgan fingerprint density at radius 2 is 1.92 bits per heavy atom. The molecule has 5 unspecified atom stereocenters. The fourth-order valence-electron chi connectivity index (χ4n) is 4.54. The zero-order valence-corrected chi connectivity index (χ0v) is 14.9. The van der Waals surface area contributed by atoms with Gasteiger partial charge in [0, 0.05) is 25.0 Å². The number of alkyl halides is 3. The van der Waals surface area contributed by atoms with Gasteiger partial charge in [-0.1, -0.05) is 18.2 Å². The van der Waals surface area contributed by atoms with E-state index >= 15 is 0 Å². The Hall–Kier alpha value is -1.47. The Morgan fingerprint density at radius 3 is 2.62 bits per heavy atom. The van der Waals surface area contributed by atoms with Gasteiger partial charge in [-0.15, -0.1) is 25.6 Å². The van der Waals surface area contributed by atoms with Gasteiger partial charge in [-0.05, 0) is 48.6 Å². The molecule has 1 amide bonds. The highest BCUT2D eigenvalue weighted by molar-refractivity contribution is 5.85. The number of para-hydroxylation sites is 1. The highest BCUT2D eigenvalue weighted by Crippen LogP contribution is 2.52. The molecule has 1 aliphatic heterocycles. The Bertz CT molecular complexity index is 685. The molecular weight excluding hydrogens is 369 g/mol. The van der Waals surface area contributed by atoms with Gasteiger partial charge in [0.25, 0.3) is 0 Å². The number of nitrogens with zero attached hydrogens (tertiary/aromatic N) is 1. The first-order valence-electron chi connectivity index (χ1n) is 8.72. The molecule has 2 saturated carbocycles. The van der Waals surface area contributed by atoms with Crippen LogP contribution in [-0.4, -0.2) is 36.3 Å². The maximum absolute atomic E-state index is 12.7. The standard InChI is InChI=1S/C18H21F3N2O2.ClH/c19-18(20,21)25-16-4-2-1-3-11(16)12-7-13(12)17(24)23-8-10-5-6-15(22)14(10)9-23;/h1-4,10,12-15H,5-9,22H2;1H. The molecule has 1 saturated heterocycles. The molecule has 3 aliphatic rings. The van der Waals surface area contributed by atoms with Crippen molar-refractivity contribution in [2.75, 3.05) is 13.1 Å². The Morgan fingerprint density at radius 1 is 1.19 bits per heavy atom. The lowest BCUT2D eigenvalue weighted by molar-refractivity contribution is -0.274. The minimum atomic E-state index is -4.73. The molecule has 3 fully saturated rings. The zero-order chi connectivity index (χ0) is 17.8. The summed E-state index contributed by atoms with van der Waals surface area (Å²) in [5, 5.41) is 0. The van der Waals surface area contributed by atoms with Crippen LogP contribution in [0.5, 0.6) is 5.75 Å². The number of carbonyl (C=O) groups excluding carboxylic acids is 1. The van der Waals surface area contributed by atoms with Gasteiger partial charge >= 0.3 is 6.36 Å². The van der Waals surface area contributed by atoms with Crippen molar-refractivity contribution >= 4 is 18.3 Å². The van der Waals surface area contributed by atoms with E-state index in [9.17, 15) is 18.0 Å². The summed E-state index contributed by atoms with van der Waals surface area (Å²) in [6.45, 7) is 1.43. The molecule has 4 nitrogen and oxygen atoms in total. The second kappa shape index (κ2) is 6.93. The molecule has 4 rings (SSSR count). The summed E-state index contributed by atoms with van der Waals surface area (Å²) in [5.74, 6) is 0.274. The fraction of sp³-hybridized carbons (Fsp3) is 0.611. The number of hydrogen-bond acceptors (Lipinski definition) is 3. The van der Waals surface area contributed by atoms with Crippen LogP contribution in [0.2, 0.25) is 0 Å². The van der Waals surface area contributed by atoms with E-state index in [0.717, 1.165) is 19.4 Å². The van der Waals surface area contributed by atoms with Crippen LogP contribution in [0.1, 0.15) is 30.7 Å². The first-order chi connectivity index (χ1) is 11.8. The quantitative estimate of drug-likeness (QED) is 0.861. The van der Waals surface area contributed by atoms with Crippen LogP contribution in [0.25, 0.3) is 0 Å². The predicted octanol–water partition coefficient (Wildman–Crippen LogP) is 3.31. The normalized spacial score (nSPS) is 32.8. The third-order valence-corrected chi connectivity index (χ3v) is 5.88. The van der Waals surface area contributed by atoms with Crippen LogP contribution in [0.15, 0.2) is 24.3 Å². The number of nitrogens with two attached hydrogens (primary N) is 1. The van der Waals surface area contributed by atoms with Crippen molar-refractivity contribution in [3.05, 3.63) is 29.8 Å². The fourth-order valence-corrected chi connectivity index (χ4v) is 4.54. The first kappa shape index (κ1) is 19.3. The Balaban J connectivity index is 0.00000196. The lowest BCUT2D eigenvalue weighted by Crippen LogP contribution is -2.34. The van der Waals surface area contributed by atoms with Crippen LogP contribution in [0, 0.1) is 17.8 Å². The topological polar surface area (TPSA) is 55.6 Å². The number of halogens is 4. The van der Waals surface area contributed by atoms with E-state index in [1.165, 1.54) is 12.1 Å². The van der Waals surface area contributed by atoms with Crippen molar-refractivity contribution in [3.63, 3.8) is 0 Å². The summed E-state index contributed by atoms with van der Waals surface area (Å²) < 4.78 is 41.8. The maximum Gasteiger partial charge on any atom is 0.573 e. The number of ether oxygens (including phenoxy) is 1. The third kappa shape index (κ3) is 3.64. The number of benzene rings is 1. The molecule has 2 N–H and O–H groups in total. The van der Waals surface area contributed by atoms with Crippen molar-refractivity contribution < 1.29 is 22.7 Å². The van der Waals surface area contributed by atoms with Gasteiger partial charge in [0.15, 0.2) is 0 Å². The number of amides is 1. The maximum atomic E-state index is 12.7. The molecule has 0 aromatic heterocycles. The van der Waals surface area contributed by atoms with Crippen LogP contribution in [0.3, 0.4) is 0 Å². The van der Waals surface area contributed by atoms with E-state index in [-0.39, 0.29) is 41.9 Å². The van der Waals surface area contributed by atoms with Crippen LogP contribution >= 0.6 is 12.4 Å². The summed E-state index contributed by atoms with van der Waals surface area (Å²) in [6, 6.07) is 6.28. The van der Waals surface area contributed by atoms with Gasteiger partial charge in [-0.25, -0.2) is 0 Å². The Labute approximate surface area is 156 Å². The summed E-state index contributed by atoms with van der Waals surface area (Å²) in [4.78, 5) is 14.6. The largest absolute Gasteiger partial charge is 0.573 e. The lowest BCUT2D eigenvalue weighted by atomic mass is 9.98. The second-order valence-electron chi connectivity index (χ2n) is 7.44. The molecule has 8 heteroatoms. The third-order valence-electron chi connectivity index (χ3n) is 5.88. The van der Waals surface area contributed by atoms with Crippen molar-refractivity contribution in [2.24, 2.45) is 23.5 Å². The molecule has 1 heterocycles. The first-order valence-corrected chi connectivity index (χ1v) is 8.72. The van der Waals surface area contributed by atoms with Crippen molar-refractivity contribution in [1.29, 1.82) is 0 Å². The summed E-state index contributed by atoms with van der Waals surface area (Å²) in [7, 11) is 0. The predicted molar refractivity (Wildman–Crippen MR) is 92.0 cm³/mol. The molecule has 144 valence electrons. The van der Waals surface area contributed by atoms with E-state index in [1.54, 1.807) is 12.1 Å². The monoisotopic (exact) mass is 390 g/mol. The number of hydrogen-bond donors (Lipinski definition) is 1. The Kier molecular flexibility index (Phi) is 5.14. The molecule has 0 bridgehead atoms. The number of likely N-dealkylation sites (tertiary alicyclic amines) is 1. The van der Waals surface area contributed by atoms with Gasteiger partial charge in [-0.3, -0.25) is 4.79 Å². The molecule has 2 aliphatic carbocycles. The highest BCUT2D eigenvalue weighted by atomic mass is 35.5. The average molecular weight is 391 g/mol. The molecule has 1 aromatic carbocycles. The van der Waals surface area contributed by atoms with E-state index in [4.69, 9.17) is 5.73 Å². The molecule has 26 heavy (non-hydrogen) atoms. The molecule has 5 atom stereocenters. The van der Waals surface area contributed by atoms with Crippen molar-refractivity contribution in [1.82, 2.24) is 4.90 Å². The van der Waals surface area contributed by atoms with Gasteiger partial charge in [0.05, 0.1) is 0 Å². The van der Waals surface area contributed by atoms with Gasteiger partial charge in [-0.2, -0.15) is 0 Å². The lowest BCUT2D eigenvalue weighted by Gasteiger charge is -2.19.